The molecule has 98 valence electrons. The average molecular weight is 248 g/mol. The maximum atomic E-state index is 12.4. The van der Waals surface area contributed by atoms with Crippen molar-refractivity contribution < 1.29 is 13.2 Å². The van der Waals surface area contributed by atoms with Gasteiger partial charge in [0.15, 0.2) is 0 Å². The summed E-state index contributed by atoms with van der Waals surface area (Å²) in [5, 5.41) is 0. The Kier molecular flexibility index (Phi) is 3.78. The average Bonchev–Trinajstić information content (AvgIpc) is 3.01. The number of nitrogens with two attached hydrogens (primary N) is 1. The third-order valence-electron chi connectivity index (χ3n) is 3.48. The number of halogens is 3. The predicted octanol–water partition coefficient (Wildman–Crippen LogP) is 2.31. The van der Waals surface area contributed by atoms with Gasteiger partial charge in [-0.3, -0.25) is 4.90 Å². The SMILES string of the molecule is N[C@@H](CC1CC1)CN1CC=C(C(F)(F)F)CC1. The Hall–Kier alpha value is -0.550. The minimum atomic E-state index is -4.15. The molecule has 2 rings (SSSR count). The first-order valence-corrected chi connectivity index (χ1v) is 6.19. The Bertz CT molecular complexity index is 295. The second-order valence-electron chi connectivity index (χ2n) is 5.18. The van der Waals surface area contributed by atoms with E-state index in [1.165, 1.54) is 18.9 Å². The first kappa shape index (κ1) is 12.9. The van der Waals surface area contributed by atoms with Crippen molar-refractivity contribution in [2.24, 2.45) is 11.7 Å². The fraction of sp³-hybridized carbons (Fsp3) is 0.833. The minimum absolute atomic E-state index is 0.0969. The number of rotatable bonds is 4. The highest BCUT2D eigenvalue weighted by atomic mass is 19.4. The lowest BCUT2D eigenvalue weighted by Gasteiger charge is -2.29. The van der Waals surface area contributed by atoms with E-state index in [0.29, 0.717) is 13.1 Å². The summed E-state index contributed by atoms with van der Waals surface area (Å²) < 4.78 is 37.2. The summed E-state index contributed by atoms with van der Waals surface area (Å²) in [4.78, 5) is 2.02. The Morgan fingerprint density at radius 2 is 2.12 bits per heavy atom. The molecular formula is C12H19F3N2. The second kappa shape index (κ2) is 4.98. The largest absolute Gasteiger partial charge is 0.412 e. The van der Waals surface area contributed by atoms with Gasteiger partial charge in [0.2, 0.25) is 0 Å². The van der Waals surface area contributed by atoms with E-state index in [-0.39, 0.29) is 18.0 Å². The molecule has 1 aliphatic carbocycles. The molecule has 5 heteroatoms. The van der Waals surface area contributed by atoms with Crippen LogP contribution in [0.25, 0.3) is 0 Å². The number of hydrogen-bond donors (Lipinski definition) is 1. The molecule has 2 nitrogen and oxygen atoms in total. The van der Waals surface area contributed by atoms with Gasteiger partial charge in [-0.1, -0.05) is 18.9 Å². The first-order valence-electron chi connectivity index (χ1n) is 6.19. The monoisotopic (exact) mass is 248 g/mol. The fourth-order valence-electron chi connectivity index (χ4n) is 2.32. The quantitative estimate of drug-likeness (QED) is 0.774. The van der Waals surface area contributed by atoms with Crippen molar-refractivity contribution in [1.82, 2.24) is 4.90 Å². The molecule has 1 aliphatic heterocycles. The van der Waals surface area contributed by atoms with Gasteiger partial charge in [-0.05, 0) is 18.8 Å². The van der Waals surface area contributed by atoms with E-state index in [4.69, 9.17) is 5.73 Å². The molecule has 17 heavy (non-hydrogen) atoms. The fourth-order valence-corrected chi connectivity index (χ4v) is 2.32. The van der Waals surface area contributed by atoms with Crippen LogP contribution in [0.15, 0.2) is 11.6 Å². The van der Waals surface area contributed by atoms with Gasteiger partial charge in [0.25, 0.3) is 0 Å². The molecule has 1 fully saturated rings. The zero-order chi connectivity index (χ0) is 12.5. The normalized spacial score (nSPS) is 24.6. The molecule has 2 N–H and O–H groups in total. The molecule has 2 aliphatic rings. The van der Waals surface area contributed by atoms with Crippen molar-refractivity contribution in [1.29, 1.82) is 0 Å². The molecule has 0 bridgehead atoms. The summed E-state index contributed by atoms with van der Waals surface area (Å²) in [6.45, 7) is 1.58. The molecule has 0 saturated heterocycles. The van der Waals surface area contributed by atoms with Crippen LogP contribution in [0.2, 0.25) is 0 Å². The highest BCUT2D eigenvalue weighted by molar-refractivity contribution is 5.13. The van der Waals surface area contributed by atoms with Crippen molar-refractivity contribution in [3.8, 4) is 0 Å². The summed E-state index contributed by atoms with van der Waals surface area (Å²) in [6.07, 6.45) is 0.805. The number of alkyl halides is 3. The molecule has 0 aromatic carbocycles. The predicted molar refractivity (Wildman–Crippen MR) is 60.5 cm³/mol. The molecule has 1 atom stereocenters. The Labute approximate surface area is 99.6 Å². The summed E-state index contributed by atoms with van der Waals surface area (Å²) in [6, 6.07) is 0.114. The van der Waals surface area contributed by atoms with E-state index in [1.807, 2.05) is 4.90 Å². The summed E-state index contributed by atoms with van der Waals surface area (Å²) >= 11 is 0. The van der Waals surface area contributed by atoms with Gasteiger partial charge in [-0.2, -0.15) is 13.2 Å². The van der Waals surface area contributed by atoms with Crippen molar-refractivity contribution in [2.45, 2.75) is 37.9 Å². The van der Waals surface area contributed by atoms with Crippen LogP contribution in [0.1, 0.15) is 25.7 Å². The zero-order valence-electron chi connectivity index (χ0n) is 9.84. The van der Waals surface area contributed by atoms with Crippen LogP contribution < -0.4 is 5.73 Å². The van der Waals surface area contributed by atoms with Crippen LogP contribution in [0, 0.1) is 5.92 Å². The van der Waals surface area contributed by atoms with Gasteiger partial charge < -0.3 is 5.73 Å². The van der Waals surface area contributed by atoms with Crippen molar-refractivity contribution in [3.05, 3.63) is 11.6 Å². The van der Waals surface area contributed by atoms with Crippen molar-refractivity contribution in [3.63, 3.8) is 0 Å². The molecule has 1 saturated carbocycles. The molecule has 1 heterocycles. The molecule has 0 amide bonds. The first-order chi connectivity index (χ1) is 7.95. The summed E-state index contributed by atoms with van der Waals surface area (Å²) in [5.41, 5.74) is 5.60. The van der Waals surface area contributed by atoms with Crippen LogP contribution in [-0.2, 0) is 0 Å². The molecular weight excluding hydrogens is 229 g/mol. The van der Waals surface area contributed by atoms with E-state index < -0.39 is 6.18 Å². The minimum Gasteiger partial charge on any atom is -0.327 e. The van der Waals surface area contributed by atoms with Gasteiger partial charge in [0, 0.05) is 31.2 Å². The molecule has 0 spiro atoms. The topological polar surface area (TPSA) is 29.3 Å². The maximum absolute atomic E-state index is 12.4. The summed E-state index contributed by atoms with van der Waals surface area (Å²) in [5.74, 6) is 0.774. The van der Waals surface area contributed by atoms with Crippen LogP contribution >= 0.6 is 0 Å². The van der Waals surface area contributed by atoms with Gasteiger partial charge in [-0.15, -0.1) is 0 Å². The van der Waals surface area contributed by atoms with Crippen LogP contribution in [-0.4, -0.2) is 36.8 Å². The summed E-state index contributed by atoms with van der Waals surface area (Å²) in [7, 11) is 0. The lowest BCUT2D eigenvalue weighted by atomic mass is 10.1. The van der Waals surface area contributed by atoms with Crippen LogP contribution in [0.3, 0.4) is 0 Å². The van der Waals surface area contributed by atoms with Gasteiger partial charge >= 0.3 is 6.18 Å². The third kappa shape index (κ3) is 4.00. The smallest absolute Gasteiger partial charge is 0.327 e. The second-order valence-corrected chi connectivity index (χ2v) is 5.18. The third-order valence-corrected chi connectivity index (χ3v) is 3.48. The van der Waals surface area contributed by atoms with Crippen LogP contribution in [0.5, 0.6) is 0 Å². The lowest BCUT2D eigenvalue weighted by Crippen LogP contribution is -2.41. The van der Waals surface area contributed by atoms with E-state index in [2.05, 4.69) is 0 Å². The molecule has 0 radical (unpaired) electrons. The molecule has 0 unspecified atom stereocenters. The van der Waals surface area contributed by atoms with E-state index in [9.17, 15) is 13.2 Å². The Morgan fingerprint density at radius 1 is 1.41 bits per heavy atom. The zero-order valence-corrected chi connectivity index (χ0v) is 9.84. The molecule has 0 aromatic heterocycles. The van der Waals surface area contributed by atoms with Gasteiger partial charge in [-0.25, -0.2) is 0 Å². The van der Waals surface area contributed by atoms with Gasteiger partial charge in [0.05, 0.1) is 0 Å². The highest BCUT2D eigenvalue weighted by Gasteiger charge is 2.35. The Balaban J connectivity index is 1.76. The van der Waals surface area contributed by atoms with Crippen LogP contribution in [0.4, 0.5) is 13.2 Å². The van der Waals surface area contributed by atoms with Crippen molar-refractivity contribution >= 4 is 0 Å². The number of hydrogen-bond acceptors (Lipinski definition) is 2. The highest BCUT2D eigenvalue weighted by Crippen LogP contribution is 2.33. The van der Waals surface area contributed by atoms with Gasteiger partial charge in [0.1, 0.15) is 0 Å². The lowest BCUT2D eigenvalue weighted by molar-refractivity contribution is -0.0960. The van der Waals surface area contributed by atoms with E-state index in [0.717, 1.165) is 18.9 Å². The standard InChI is InChI=1S/C12H19F3N2/c13-12(14,15)10-3-5-17(6-4-10)8-11(16)7-9-1-2-9/h3,9,11H,1-2,4-8,16H2/t11-/m0/s1. The number of nitrogens with zero attached hydrogens (tertiary/aromatic N) is 1. The maximum Gasteiger partial charge on any atom is 0.412 e. The van der Waals surface area contributed by atoms with E-state index in [1.54, 1.807) is 0 Å². The molecule has 0 aromatic rings. The van der Waals surface area contributed by atoms with Crippen molar-refractivity contribution in [2.75, 3.05) is 19.6 Å². The van der Waals surface area contributed by atoms with E-state index >= 15 is 0 Å². The Morgan fingerprint density at radius 3 is 2.59 bits per heavy atom.